The monoisotopic (exact) mass is 548 g/mol. The first kappa shape index (κ1) is 29.4. The van der Waals surface area contributed by atoms with Crippen molar-refractivity contribution in [2.24, 2.45) is 0 Å². The summed E-state index contributed by atoms with van der Waals surface area (Å²) in [6.07, 6.45) is 7.31. The molecule has 0 unspecified atom stereocenters. The van der Waals surface area contributed by atoms with Gasteiger partial charge in [-0.15, -0.1) is 0 Å². The summed E-state index contributed by atoms with van der Waals surface area (Å²) in [4.78, 5) is 0. The topological polar surface area (TPSA) is 9.23 Å². The summed E-state index contributed by atoms with van der Waals surface area (Å²) in [5, 5.41) is 0. The van der Waals surface area contributed by atoms with E-state index in [4.69, 9.17) is 4.74 Å². The normalized spacial score (nSPS) is 11.2. The lowest BCUT2D eigenvalue weighted by atomic mass is 9.96. The molecule has 5 heteroatoms. The molecule has 0 N–H and O–H groups in total. The van der Waals surface area contributed by atoms with Crippen molar-refractivity contribution in [3.63, 3.8) is 0 Å². The molecule has 0 saturated heterocycles. The van der Waals surface area contributed by atoms with Crippen LogP contribution in [0, 0.1) is 30.2 Å². The molecule has 1 nitrogen and oxygen atoms in total. The van der Waals surface area contributed by atoms with Crippen LogP contribution in [0.25, 0.3) is 22.3 Å². The Morgan fingerprint density at radius 1 is 0.550 bits per heavy atom. The molecule has 4 aromatic carbocycles. The Kier molecular flexibility index (Phi) is 10.4. The Morgan fingerprint density at radius 3 is 1.75 bits per heavy atom. The van der Waals surface area contributed by atoms with Gasteiger partial charge in [0.05, 0.1) is 6.61 Å². The fraction of sp³-hybridized carbons (Fsp3) is 0.314. The average molecular weight is 549 g/mol. The predicted octanol–water partition coefficient (Wildman–Crippen LogP) is 10.4. The van der Waals surface area contributed by atoms with Crippen molar-refractivity contribution in [1.29, 1.82) is 0 Å². The molecule has 0 fully saturated rings. The molecule has 0 aliphatic rings. The SMILES string of the molecule is CCCCCCCCOc1ccc(CCc2ccc(-c3ccc(-c4ccc(C)cc4)c(F)c3F)cc2)c(F)c1F. The standard InChI is InChI=1S/C35H36F4O/c1-3-4-5-6-7-8-23-40-31-22-19-28(32(36)35(31)39)18-13-25-11-16-27(17-12-25)30-21-20-29(33(37)34(30)38)26-14-9-24(2)10-15-26/h9-12,14-17,19-22H,3-8,13,18,23H2,1-2H3. The first-order chi connectivity index (χ1) is 19.4. The maximum absolute atomic E-state index is 15.0. The van der Waals surface area contributed by atoms with Crippen molar-refractivity contribution < 1.29 is 22.3 Å². The molecule has 0 saturated carbocycles. The van der Waals surface area contributed by atoms with E-state index in [2.05, 4.69) is 6.92 Å². The number of aryl methyl sites for hydroxylation is 3. The minimum atomic E-state index is -0.953. The summed E-state index contributed by atoms with van der Waals surface area (Å²) in [7, 11) is 0. The van der Waals surface area contributed by atoms with E-state index in [9.17, 15) is 17.6 Å². The fourth-order valence-electron chi connectivity index (χ4n) is 4.80. The molecule has 0 aliphatic carbocycles. The van der Waals surface area contributed by atoms with E-state index in [0.29, 0.717) is 30.6 Å². The third-order valence-electron chi connectivity index (χ3n) is 7.28. The van der Waals surface area contributed by atoms with Gasteiger partial charge in [0.15, 0.2) is 23.2 Å². The van der Waals surface area contributed by atoms with Crippen LogP contribution in [0.5, 0.6) is 5.75 Å². The molecule has 0 radical (unpaired) electrons. The molecule has 210 valence electrons. The molecule has 0 heterocycles. The van der Waals surface area contributed by atoms with Crippen molar-refractivity contribution in [3.05, 3.63) is 113 Å². The number of rotatable bonds is 13. The fourth-order valence-corrected chi connectivity index (χ4v) is 4.80. The lowest BCUT2D eigenvalue weighted by molar-refractivity contribution is 0.284. The molecular weight excluding hydrogens is 512 g/mol. The Morgan fingerprint density at radius 2 is 1.12 bits per heavy atom. The molecule has 0 aliphatic heterocycles. The summed E-state index contributed by atoms with van der Waals surface area (Å²) in [6.45, 7) is 4.47. The smallest absolute Gasteiger partial charge is 0.200 e. The second-order valence-corrected chi connectivity index (χ2v) is 10.3. The van der Waals surface area contributed by atoms with Crippen LogP contribution in [0.4, 0.5) is 17.6 Å². The van der Waals surface area contributed by atoms with Crippen LogP contribution in [0.2, 0.25) is 0 Å². The molecule has 0 amide bonds. The third kappa shape index (κ3) is 7.32. The minimum absolute atomic E-state index is 0.0539. The van der Waals surface area contributed by atoms with Gasteiger partial charge in [-0.25, -0.2) is 13.2 Å². The third-order valence-corrected chi connectivity index (χ3v) is 7.28. The van der Waals surface area contributed by atoms with Crippen LogP contribution in [0.3, 0.4) is 0 Å². The van der Waals surface area contributed by atoms with Crippen molar-refractivity contribution in [2.45, 2.75) is 65.2 Å². The van der Waals surface area contributed by atoms with Gasteiger partial charge < -0.3 is 4.74 Å². The minimum Gasteiger partial charge on any atom is -0.490 e. The van der Waals surface area contributed by atoms with Crippen LogP contribution in [0.15, 0.2) is 72.8 Å². The van der Waals surface area contributed by atoms with E-state index in [1.807, 2.05) is 19.1 Å². The molecule has 0 atom stereocenters. The maximum atomic E-state index is 15.0. The summed E-state index contributed by atoms with van der Waals surface area (Å²) >= 11 is 0. The average Bonchev–Trinajstić information content (AvgIpc) is 2.96. The summed E-state index contributed by atoms with van der Waals surface area (Å²) in [5.41, 5.74) is 3.73. The van der Waals surface area contributed by atoms with Gasteiger partial charge in [-0.3, -0.25) is 0 Å². The summed E-state index contributed by atoms with van der Waals surface area (Å²) in [6, 6.07) is 20.5. The highest BCUT2D eigenvalue weighted by Gasteiger charge is 2.17. The first-order valence-corrected chi connectivity index (χ1v) is 14.1. The summed E-state index contributed by atoms with van der Waals surface area (Å²) < 4.78 is 64.6. The van der Waals surface area contributed by atoms with E-state index in [0.717, 1.165) is 30.4 Å². The van der Waals surface area contributed by atoms with Crippen molar-refractivity contribution in [1.82, 2.24) is 0 Å². The number of halogens is 4. The van der Waals surface area contributed by atoms with Gasteiger partial charge in [0.25, 0.3) is 0 Å². The van der Waals surface area contributed by atoms with Crippen LogP contribution >= 0.6 is 0 Å². The maximum Gasteiger partial charge on any atom is 0.200 e. The van der Waals surface area contributed by atoms with Gasteiger partial charge in [0.1, 0.15) is 0 Å². The Hall–Kier alpha value is -3.60. The largest absolute Gasteiger partial charge is 0.490 e. The van der Waals surface area contributed by atoms with E-state index < -0.39 is 23.3 Å². The van der Waals surface area contributed by atoms with Gasteiger partial charge >= 0.3 is 0 Å². The molecule has 0 spiro atoms. The van der Waals surface area contributed by atoms with Gasteiger partial charge in [0, 0.05) is 11.1 Å². The van der Waals surface area contributed by atoms with Crippen LogP contribution in [0.1, 0.15) is 62.1 Å². The zero-order valence-corrected chi connectivity index (χ0v) is 23.2. The quantitative estimate of drug-likeness (QED) is 0.119. The number of ether oxygens (including phenoxy) is 1. The van der Waals surface area contributed by atoms with E-state index in [-0.39, 0.29) is 22.4 Å². The van der Waals surface area contributed by atoms with E-state index in [1.54, 1.807) is 54.6 Å². The zero-order chi connectivity index (χ0) is 28.5. The number of unbranched alkanes of at least 4 members (excludes halogenated alkanes) is 5. The van der Waals surface area contributed by atoms with Gasteiger partial charge in [-0.1, -0.05) is 111 Å². The molecule has 0 bridgehead atoms. The van der Waals surface area contributed by atoms with E-state index >= 15 is 0 Å². The number of benzene rings is 4. The lowest BCUT2D eigenvalue weighted by Gasteiger charge is -2.11. The molecule has 4 rings (SSSR count). The lowest BCUT2D eigenvalue weighted by Crippen LogP contribution is -2.04. The highest BCUT2D eigenvalue weighted by atomic mass is 19.2. The Bertz CT molecular complexity index is 1390. The molecule has 0 aromatic heterocycles. The van der Waals surface area contributed by atoms with Crippen molar-refractivity contribution >= 4 is 0 Å². The first-order valence-electron chi connectivity index (χ1n) is 14.1. The highest BCUT2D eigenvalue weighted by Crippen LogP contribution is 2.32. The van der Waals surface area contributed by atoms with E-state index in [1.165, 1.54) is 25.3 Å². The highest BCUT2D eigenvalue weighted by molar-refractivity contribution is 5.72. The van der Waals surface area contributed by atoms with Crippen LogP contribution in [-0.2, 0) is 12.8 Å². The van der Waals surface area contributed by atoms with Crippen LogP contribution < -0.4 is 4.74 Å². The second kappa shape index (κ2) is 14.2. The second-order valence-electron chi connectivity index (χ2n) is 10.3. The van der Waals surface area contributed by atoms with Crippen molar-refractivity contribution in [3.8, 4) is 28.0 Å². The Balaban J connectivity index is 1.35. The molecule has 40 heavy (non-hydrogen) atoms. The van der Waals surface area contributed by atoms with Gasteiger partial charge in [-0.05, 0) is 54.5 Å². The molecular formula is C35H36F4O. The number of hydrogen-bond donors (Lipinski definition) is 0. The molecule has 4 aromatic rings. The van der Waals surface area contributed by atoms with Gasteiger partial charge in [-0.2, -0.15) is 4.39 Å². The zero-order valence-electron chi connectivity index (χ0n) is 23.2. The van der Waals surface area contributed by atoms with Crippen molar-refractivity contribution in [2.75, 3.05) is 6.61 Å². The predicted molar refractivity (Wildman–Crippen MR) is 155 cm³/mol. The Labute approximate surface area is 234 Å². The summed E-state index contributed by atoms with van der Waals surface area (Å²) in [5.74, 6) is -3.68. The van der Waals surface area contributed by atoms with Gasteiger partial charge in [0.2, 0.25) is 5.82 Å². The van der Waals surface area contributed by atoms with Crippen LogP contribution in [-0.4, -0.2) is 6.61 Å². The number of hydrogen-bond acceptors (Lipinski definition) is 1.